The first-order valence-corrected chi connectivity index (χ1v) is 10.6. The summed E-state index contributed by atoms with van der Waals surface area (Å²) in [7, 11) is 7.49. The molecule has 166 valence electrons. The lowest BCUT2D eigenvalue weighted by Gasteiger charge is -2.38. The molecule has 0 spiro atoms. The summed E-state index contributed by atoms with van der Waals surface area (Å²) in [5.41, 5.74) is 2.90. The molecule has 1 fully saturated rings. The van der Waals surface area contributed by atoms with E-state index < -0.39 is 5.97 Å². The Labute approximate surface area is 184 Å². The van der Waals surface area contributed by atoms with Gasteiger partial charge in [0.2, 0.25) is 0 Å². The molecule has 1 aliphatic heterocycles. The Morgan fingerprint density at radius 3 is 2.19 bits per heavy atom. The van der Waals surface area contributed by atoms with E-state index in [9.17, 15) is 9.59 Å². The third-order valence-corrected chi connectivity index (χ3v) is 5.81. The van der Waals surface area contributed by atoms with E-state index in [2.05, 4.69) is 51.3 Å². The van der Waals surface area contributed by atoms with Crippen LogP contribution >= 0.6 is 0 Å². The van der Waals surface area contributed by atoms with Crippen LogP contribution in [0.5, 0.6) is 0 Å². The van der Waals surface area contributed by atoms with E-state index in [0.717, 1.165) is 37.4 Å². The van der Waals surface area contributed by atoms with Crippen molar-refractivity contribution in [1.29, 1.82) is 0 Å². The lowest BCUT2D eigenvalue weighted by molar-refractivity contribution is 0.0596. The predicted molar refractivity (Wildman–Crippen MR) is 123 cm³/mol. The Balaban J connectivity index is 1.79. The van der Waals surface area contributed by atoms with Crippen LogP contribution in [0.25, 0.3) is 0 Å². The van der Waals surface area contributed by atoms with Gasteiger partial charge >= 0.3 is 5.97 Å². The molecule has 3 rings (SSSR count). The second-order valence-electron chi connectivity index (χ2n) is 8.09. The number of methoxy groups -OCH3 is 1. The molecule has 2 aromatic rings. The van der Waals surface area contributed by atoms with E-state index in [1.807, 2.05) is 14.1 Å². The maximum atomic E-state index is 12.9. The Bertz CT molecular complexity index is 890. The Morgan fingerprint density at radius 1 is 1.00 bits per heavy atom. The number of esters is 1. The molecule has 0 radical (unpaired) electrons. The summed E-state index contributed by atoms with van der Waals surface area (Å²) < 4.78 is 4.82. The van der Waals surface area contributed by atoms with Crippen molar-refractivity contribution in [3.8, 4) is 0 Å². The zero-order chi connectivity index (χ0) is 22.4. The van der Waals surface area contributed by atoms with E-state index in [1.165, 1.54) is 7.11 Å². The van der Waals surface area contributed by atoms with Gasteiger partial charge in [-0.1, -0.05) is 24.3 Å². The van der Waals surface area contributed by atoms with Crippen molar-refractivity contribution in [3.63, 3.8) is 0 Å². The van der Waals surface area contributed by atoms with Gasteiger partial charge in [-0.2, -0.15) is 0 Å². The van der Waals surface area contributed by atoms with E-state index in [4.69, 9.17) is 4.74 Å². The fraction of sp³-hybridized carbons (Fsp3) is 0.417. The Hall–Kier alpha value is -2.90. The van der Waals surface area contributed by atoms with Gasteiger partial charge in [-0.15, -0.1) is 0 Å². The fourth-order valence-electron chi connectivity index (χ4n) is 3.84. The lowest BCUT2D eigenvalue weighted by Crippen LogP contribution is -2.48. The topological polar surface area (TPSA) is 65.1 Å². The third kappa shape index (κ3) is 5.62. The molecule has 0 aromatic heterocycles. The van der Waals surface area contributed by atoms with Crippen LogP contribution in [0.2, 0.25) is 0 Å². The van der Waals surface area contributed by atoms with Crippen LogP contribution in [0.3, 0.4) is 0 Å². The predicted octanol–water partition coefficient (Wildman–Crippen LogP) is 2.26. The molecule has 7 heteroatoms. The van der Waals surface area contributed by atoms with Gasteiger partial charge in [0.1, 0.15) is 0 Å². The number of nitrogens with zero attached hydrogens (tertiary/aromatic N) is 3. The van der Waals surface area contributed by atoms with Crippen molar-refractivity contribution in [2.24, 2.45) is 0 Å². The number of piperazine rings is 1. The zero-order valence-corrected chi connectivity index (χ0v) is 18.8. The molecular formula is C24H32N4O3. The van der Waals surface area contributed by atoms with Gasteiger partial charge in [0.25, 0.3) is 5.91 Å². The molecule has 1 saturated heterocycles. The number of nitrogens with one attached hydrogen (secondary N) is 1. The number of carbonyl (C=O) groups is 2. The van der Waals surface area contributed by atoms with Crippen molar-refractivity contribution >= 4 is 17.6 Å². The molecule has 1 N–H and O–H groups in total. The number of amides is 1. The SMILES string of the molecule is COC(=O)c1ccccc1C(=O)NC[C@@H](c1ccc(N(C)C)cc1)N1CCN(C)CC1. The zero-order valence-electron chi connectivity index (χ0n) is 18.8. The average molecular weight is 425 g/mol. The summed E-state index contributed by atoms with van der Waals surface area (Å²) in [4.78, 5) is 31.8. The largest absolute Gasteiger partial charge is 0.465 e. The lowest BCUT2D eigenvalue weighted by atomic mass is 10.0. The number of anilines is 1. The molecule has 1 atom stereocenters. The van der Waals surface area contributed by atoms with E-state index >= 15 is 0 Å². The highest BCUT2D eigenvalue weighted by Crippen LogP contribution is 2.24. The van der Waals surface area contributed by atoms with Crippen LogP contribution < -0.4 is 10.2 Å². The first kappa shape index (κ1) is 22.8. The summed E-state index contributed by atoms with van der Waals surface area (Å²) in [5.74, 6) is -0.786. The maximum Gasteiger partial charge on any atom is 0.338 e. The quantitative estimate of drug-likeness (QED) is 0.688. The molecule has 31 heavy (non-hydrogen) atoms. The van der Waals surface area contributed by atoms with Crippen LogP contribution in [0.4, 0.5) is 5.69 Å². The Kier molecular flexibility index (Phi) is 7.65. The van der Waals surface area contributed by atoms with Gasteiger partial charge < -0.3 is 19.9 Å². The fourth-order valence-corrected chi connectivity index (χ4v) is 3.84. The molecule has 1 heterocycles. The molecule has 0 bridgehead atoms. The van der Waals surface area contributed by atoms with Crippen molar-refractivity contribution in [3.05, 3.63) is 65.2 Å². The van der Waals surface area contributed by atoms with Crippen LogP contribution in [-0.2, 0) is 4.74 Å². The van der Waals surface area contributed by atoms with E-state index in [0.29, 0.717) is 12.1 Å². The smallest absolute Gasteiger partial charge is 0.338 e. The second-order valence-corrected chi connectivity index (χ2v) is 8.09. The van der Waals surface area contributed by atoms with Gasteiger partial charge in [-0.05, 0) is 36.9 Å². The van der Waals surface area contributed by atoms with Gasteiger partial charge in [-0.3, -0.25) is 9.69 Å². The van der Waals surface area contributed by atoms with Crippen molar-refractivity contribution in [1.82, 2.24) is 15.1 Å². The first-order chi connectivity index (χ1) is 14.9. The number of rotatable bonds is 7. The molecule has 1 amide bonds. The monoisotopic (exact) mass is 424 g/mol. The van der Waals surface area contributed by atoms with E-state index in [1.54, 1.807) is 24.3 Å². The van der Waals surface area contributed by atoms with Crippen LogP contribution in [0, 0.1) is 0 Å². The normalized spacial score (nSPS) is 15.9. The summed E-state index contributed by atoms with van der Waals surface area (Å²) in [6.45, 7) is 4.31. The van der Waals surface area contributed by atoms with Crippen LogP contribution in [-0.4, -0.2) is 82.7 Å². The van der Waals surface area contributed by atoms with Crippen molar-refractivity contribution in [2.75, 3.05) is 65.9 Å². The van der Waals surface area contributed by atoms with Crippen LogP contribution in [0.1, 0.15) is 32.3 Å². The molecular weight excluding hydrogens is 392 g/mol. The molecule has 0 saturated carbocycles. The van der Waals surface area contributed by atoms with E-state index in [-0.39, 0.29) is 17.5 Å². The highest BCUT2D eigenvalue weighted by Gasteiger charge is 2.25. The minimum absolute atomic E-state index is 0.0548. The number of carbonyl (C=O) groups excluding carboxylic acids is 2. The average Bonchev–Trinajstić information content (AvgIpc) is 2.80. The number of hydrogen-bond acceptors (Lipinski definition) is 6. The number of ether oxygens (including phenoxy) is 1. The first-order valence-electron chi connectivity index (χ1n) is 10.6. The third-order valence-electron chi connectivity index (χ3n) is 5.81. The Morgan fingerprint density at radius 2 is 1.61 bits per heavy atom. The number of likely N-dealkylation sites (N-methyl/N-ethyl adjacent to an activating group) is 1. The second kappa shape index (κ2) is 10.4. The van der Waals surface area contributed by atoms with Gasteiger partial charge in [0.15, 0.2) is 0 Å². The summed E-state index contributed by atoms with van der Waals surface area (Å²) in [6.07, 6.45) is 0. The number of hydrogen-bond donors (Lipinski definition) is 1. The maximum absolute atomic E-state index is 12.9. The highest BCUT2D eigenvalue weighted by molar-refractivity contribution is 6.05. The van der Waals surface area contributed by atoms with Crippen molar-refractivity contribution < 1.29 is 14.3 Å². The minimum Gasteiger partial charge on any atom is -0.465 e. The molecule has 0 aliphatic carbocycles. The summed E-state index contributed by atoms with van der Waals surface area (Å²) in [5, 5.41) is 3.05. The van der Waals surface area contributed by atoms with Gasteiger partial charge in [0, 0.05) is 52.5 Å². The van der Waals surface area contributed by atoms with Crippen molar-refractivity contribution in [2.45, 2.75) is 6.04 Å². The number of benzene rings is 2. The van der Waals surface area contributed by atoms with Gasteiger partial charge in [0.05, 0.1) is 24.3 Å². The minimum atomic E-state index is -0.513. The van der Waals surface area contributed by atoms with Gasteiger partial charge in [-0.25, -0.2) is 4.79 Å². The molecule has 1 aliphatic rings. The molecule has 0 unspecified atom stereocenters. The molecule has 7 nitrogen and oxygen atoms in total. The summed E-state index contributed by atoms with van der Waals surface area (Å²) >= 11 is 0. The summed E-state index contributed by atoms with van der Waals surface area (Å²) in [6, 6.07) is 15.3. The standard InChI is InChI=1S/C24H32N4O3/c1-26(2)19-11-9-18(10-12-19)22(28-15-13-27(3)14-16-28)17-25-23(29)20-7-5-6-8-21(20)24(30)31-4/h5-12,22H,13-17H2,1-4H3,(H,25,29)/t22-/m0/s1. The highest BCUT2D eigenvalue weighted by atomic mass is 16.5. The van der Waals surface area contributed by atoms with Crippen LogP contribution in [0.15, 0.2) is 48.5 Å². The molecule has 2 aromatic carbocycles.